The number of carbonyl (C=O) groups excluding carboxylic acids is 1. The van der Waals surface area contributed by atoms with E-state index in [0.717, 1.165) is 5.56 Å². The van der Waals surface area contributed by atoms with Gasteiger partial charge in [0.15, 0.2) is 0 Å². The quantitative estimate of drug-likeness (QED) is 0.755. The van der Waals surface area contributed by atoms with Crippen LogP contribution in [0.5, 0.6) is 0 Å². The molecule has 7 heteroatoms. The third-order valence-corrected chi connectivity index (χ3v) is 5.23. The van der Waals surface area contributed by atoms with Crippen LogP contribution in [0.15, 0.2) is 24.3 Å². The smallest absolute Gasteiger partial charge is 0.251 e. The second-order valence-corrected chi connectivity index (χ2v) is 9.53. The summed E-state index contributed by atoms with van der Waals surface area (Å²) in [5.74, 6) is -0.193. The first-order valence-electron chi connectivity index (χ1n) is 8.40. The van der Waals surface area contributed by atoms with Crippen LogP contribution in [0.4, 0.5) is 0 Å². The van der Waals surface area contributed by atoms with Crippen molar-refractivity contribution in [3.05, 3.63) is 35.4 Å². The van der Waals surface area contributed by atoms with Crippen molar-refractivity contribution in [3.8, 4) is 0 Å². The van der Waals surface area contributed by atoms with Crippen LogP contribution < -0.4 is 5.32 Å². The summed E-state index contributed by atoms with van der Waals surface area (Å²) in [6.07, 6.45) is 1.19. The average molecular weight is 370 g/mol. The fourth-order valence-electron chi connectivity index (χ4n) is 2.27. The monoisotopic (exact) mass is 369 g/mol. The lowest BCUT2D eigenvalue weighted by Crippen LogP contribution is -2.41. The summed E-state index contributed by atoms with van der Waals surface area (Å²) >= 11 is 0. The number of carbonyl (C=O) groups is 1. The number of hydrogen-bond donors (Lipinski definition) is 1. The molecule has 0 aliphatic heterocycles. The van der Waals surface area contributed by atoms with E-state index in [1.807, 2.05) is 31.1 Å². The molecule has 0 aliphatic carbocycles. The van der Waals surface area contributed by atoms with E-state index in [1.54, 1.807) is 12.1 Å². The highest BCUT2D eigenvalue weighted by Gasteiger charge is 2.17. The minimum Gasteiger partial charge on any atom is -0.351 e. The van der Waals surface area contributed by atoms with Gasteiger partial charge in [-0.05, 0) is 37.2 Å². The summed E-state index contributed by atoms with van der Waals surface area (Å²) in [4.78, 5) is 14.1. The van der Waals surface area contributed by atoms with Gasteiger partial charge in [0.25, 0.3) is 5.91 Å². The molecular weight excluding hydrogens is 338 g/mol. The van der Waals surface area contributed by atoms with Crippen LogP contribution in [0.1, 0.15) is 36.7 Å². The predicted molar refractivity (Wildman–Crippen MR) is 102 cm³/mol. The van der Waals surface area contributed by atoms with Gasteiger partial charge in [0.2, 0.25) is 10.0 Å². The molecule has 1 N–H and O–H groups in total. The number of nitrogens with zero attached hydrogens (tertiary/aromatic N) is 2. The Hall–Kier alpha value is -1.44. The van der Waals surface area contributed by atoms with Gasteiger partial charge >= 0.3 is 0 Å². The maximum Gasteiger partial charge on any atom is 0.251 e. The Morgan fingerprint density at radius 2 is 1.60 bits per heavy atom. The van der Waals surface area contributed by atoms with Crippen molar-refractivity contribution in [1.29, 1.82) is 0 Å². The van der Waals surface area contributed by atoms with E-state index in [9.17, 15) is 13.2 Å². The summed E-state index contributed by atoms with van der Waals surface area (Å²) in [6, 6.07) is 7.51. The van der Waals surface area contributed by atoms with Crippen LogP contribution in [0.25, 0.3) is 0 Å². The molecule has 0 atom stereocenters. The van der Waals surface area contributed by atoms with Gasteiger partial charge in [-0.25, -0.2) is 8.42 Å². The fourth-order valence-corrected chi connectivity index (χ4v) is 3.11. The number of sulfonamides is 1. The van der Waals surface area contributed by atoms with Gasteiger partial charge in [-0.1, -0.05) is 32.9 Å². The Bertz CT molecular complexity index is 662. The van der Waals surface area contributed by atoms with E-state index in [-0.39, 0.29) is 24.4 Å². The van der Waals surface area contributed by atoms with E-state index >= 15 is 0 Å². The van der Waals surface area contributed by atoms with Gasteiger partial charge in [-0.15, -0.1) is 0 Å². The Morgan fingerprint density at radius 1 is 1.04 bits per heavy atom. The van der Waals surface area contributed by atoms with Gasteiger partial charge in [-0.2, -0.15) is 4.31 Å². The number of hydrogen-bond acceptors (Lipinski definition) is 4. The molecule has 0 fully saturated rings. The number of nitrogens with one attached hydrogen (secondary N) is 1. The van der Waals surface area contributed by atoms with Gasteiger partial charge in [-0.3, -0.25) is 4.79 Å². The van der Waals surface area contributed by atoms with Gasteiger partial charge in [0.05, 0.1) is 6.26 Å². The highest BCUT2D eigenvalue weighted by molar-refractivity contribution is 7.88. The molecule has 1 aromatic carbocycles. The van der Waals surface area contributed by atoms with Crippen LogP contribution in [0.3, 0.4) is 0 Å². The molecule has 0 radical (unpaired) electrons. The topological polar surface area (TPSA) is 69.7 Å². The SMILES string of the molecule is CN(C)CCN(CCNC(=O)c1ccc(C(C)(C)C)cc1)S(C)(=O)=O. The molecule has 0 aliphatic rings. The van der Waals surface area contributed by atoms with Crippen LogP contribution in [0.2, 0.25) is 0 Å². The molecule has 0 heterocycles. The first-order chi connectivity index (χ1) is 11.4. The molecule has 1 aromatic rings. The highest BCUT2D eigenvalue weighted by Crippen LogP contribution is 2.22. The second-order valence-electron chi connectivity index (χ2n) is 7.55. The molecule has 25 heavy (non-hydrogen) atoms. The molecule has 0 saturated heterocycles. The van der Waals surface area contributed by atoms with Gasteiger partial charge < -0.3 is 10.2 Å². The van der Waals surface area contributed by atoms with E-state index in [4.69, 9.17) is 0 Å². The third-order valence-electron chi connectivity index (χ3n) is 3.93. The number of likely N-dealkylation sites (N-methyl/N-ethyl adjacent to an activating group) is 1. The van der Waals surface area contributed by atoms with Crippen molar-refractivity contribution in [1.82, 2.24) is 14.5 Å². The molecule has 1 amide bonds. The molecular formula is C18H31N3O3S. The lowest BCUT2D eigenvalue weighted by molar-refractivity contribution is 0.0951. The maximum atomic E-state index is 12.2. The molecule has 0 spiro atoms. The summed E-state index contributed by atoms with van der Waals surface area (Å²) in [6.45, 7) is 7.94. The summed E-state index contributed by atoms with van der Waals surface area (Å²) in [5.41, 5.74) is 1.78. The van der Waals surface area contributed by atoms with E-state index in [2.05, 4.69) is 26.1 Å². The number of amides is 1. The van der Waals surface area contributed by atoms with Gasteiger partial charge in [0.1, 0.15) is 0 Å². The van der Waals surface area contributed by atoms with Crippen LogP contribution in [0, 0.1) is 0 Å². The molecule has 142 valence electrons. The lowest BCUT2D eigenvalue weighted by Gasteiger charge is -2.22. The molecule has 6 nitrogen and oxygen atoms in total. The average Bonchev–Trinajstić information content (AvgIpc) is 2.48. The standard InChI is InChI=1S/C18H31N3O3S/c1-18(2,3)16-9-7-15(8-10-16)17(22)19-11-12-21(25(6,23)24)14-13-20(4)5/h7-10H,11-14H2,1-6H3,(H,19,22). The Balaban J connectivity index is 2.60. The summed E-state index contributed by atoms with van der Waals surface area (Å²) in [7, 11) is 0.495. The zero-order valence-electron chi connectivity index (χ0n) is 16.2. The first kappa shape index (κ1) is 21.6. The summed E-state index contributed by atoms with van der Waals surface area (Å²) < 4.78 is 25.0. The van der Waals surface area contributed by atoms with Crippen molar-refractivity contribution in [2.75, 3.05) is 46.5 Å². The molecule has 0 saturated carbocycles. The largest absolute Gasteiger partial charge is 0.351 e. The van der Waals surface area contributed by atoms with E-state index in [1.165, 1.54) is 10.6 Å². The highest BCUT2D eigenvalue weighted by atomic mass is 32.2. The molecule has 0 aromatic heterocycles. The number of benzene rings is 1. The van der Waals surface area contributed by atoms with Crippen molar-refractivity contribution < 1.29 is 13.2 Å². The zero-order chi connectivity index (χ0) is 19.3. The van der Waals surface area contributed by atoms with Crippen molar-refractivity contribution in [2.24, 2.45) is 0 Å². The predicted octanol–water partition coefficient (Wildman–Crippen LogP) is 1.54. The van der Waals surface area contributed by atoms with Crippen LogP contribution >= 0.6 is 0 Å². The Kier molecular flexibility index (Phi) is 7.59. The van der Waals surface area contributed by atoms with Crippen molar-refractivity contribution in [2.45, 2.75) is 26.2 Å². The van der Waals surface area contributed by atoms with Crippen LogP contribution in [-0.2, 0) is 15.4 Å². The Morgan fingerprint density at radius 3 is 2.04 bits per heavy atom. The third kappa shape index (κ3) is 7.54. The number of rotatable bonds is 8. The molecule has 0 bridgehead atoms. The van der Waals surface area contributed by atoms with Crippen molar-refractivity contribution >= 4 is 15.9 Å². The minimum absolute atomic E-state index is 0.0391. The Labute approximate surface area is 152 Å². The first-order valence-corrected chi connectivity index (χ1v) is 10.2. The van der Waals surface area contributed by atoms with Crippen LogP contribution in [-0.4, -0.2) is 70.1 Å². The van der Waals surface area contributed by atoms with E-state index in [0.29, 0.717) is 18.7 Å². The molecule has 0 unspecified atom stereocenters. The van der Waals surface area contributed by atoms with Gasteiger partial charge in [0, 0.05) is 31.7 Å². The molecule has 1 rings (SSSR count). The fraction of sp³-hybridized carbons (Fsp3) is 0.611. The maximum absolute atomic E-state index is 12.2. The summed E-state index contributed by atoms with van der Waals surface area (Å²) in [5, 5.41) is 2.79. The second kappa shape index (κ2) is 8.78. The normalized spacial score (nSPS) is 12.6. The lowest BCUT2D eigenvalue weighted by atomic mass is 9.87. The zero-order valence-corrected chi connectivity index (χ0v) is 17.0. The van der Waals surface area contributed by atoms with E-state index < -0.39 is 10.0 Å². The van der Waals surface area contributed by atoms with Crippen molar-refractivity contribution in [3.63, 3.8) is 0 Å². The minimum atomic E-state index is -3.29.